The molecule has 42 heavy (non-hydrogen) atoms. The maximum atomic E-state index is 11.8. The number of hydrogen-bond donors (Lipinski definition) is 1. The van der Waals surface area contributed by atoms with Gasteiger partial charge in [0.25, 0.3) is 6.47 Å². The van der Waals surface area contributed by atoms with E-state index in [0.29, 0.717) is 24.7 Å². The fourth-order valence-corrected chi connectivity index (χ4v) is 5.65. The number of esters is 1. The smallest absolute Gasteiger partial charge is 0.335 e. The summed E-state index contributed by atoms with van der Waals surface area (Å²) in [4.78, 5) is 22.5. The molecule has 1 aromatic rings. The monoisotopic (exact) mass is 580 g/mol. The van der Waals surface area contributed by atoms with E-state index in [1.54, 1.807) is 11.1 Å². The first kappa shape index (κ1) is 35.5. The van der Waals surface area contributed by atoms with Crippen LogP contribution in [0, 0.1) is 29.6 Å². The second-order valence-electron chi connectivity index (χ2n) is 12.8. The summed E-state index contributed by atoms with van der Waals surface area (Å²) in [6, 6.07) is 8.56. The number of benzene rings is 1. The average molecular weight is 581 g/mol. The van der Waals surface area contributed by atoms with Crippen LogP contribution in [0.15, 0.2) is 59.7 Å². The van der Waals surface area contributed by atoms with Crippen molar-refractivity contribution in [2.75, 3.05) is 19.8 Å². The molecule has 0 radical (unpaired) electrons. The zero-order chi connectivity index (χ0) is 30.9. The van der Waals surface area contributed by atoms with Crippen molar-refractivity contribution in [3.8, 4) is 0 Å². The van der Waals surface area contributed by atoms with E-state index in [0.717, 1.165) is 23.8 Å². The van der Waals surface area contributed by atoms with Crippen molar-refractivity contribution in [3.05, 3.63) is 70.8 Å². The lowest BCUT2D eigenvalue weighted by atomic mass is 9.81. The molecule has 0 spiro atoms. The quantitative estimate of drug-likeness (QED) is 0.0901. The van der Waals surface area contributed by atoms with Gasteiger partial charge in [-0.25, -0.2) is 4.79 Å². The van der Waals surface area contributed by atoms with Gasteiger partial charge in [-0.15, -0.1) is 0 Å². The van der Waals surface area contributed by atoms with Crippen LogP contribution < -0.4 is 0 Å². The van der Waals surface area contributed by atoms with Crippen LogP contribution in [-0.4, -0.2) is 37.4 Å². The highest BCUT2D eigenvalue weighted by Gasteiger charge is 2.18. The van der Waals surface area contributed by atoms with E-state index in [2.05, 4.69) is 77.6 Å². The minimum Gasteiger partial charge on any atom is -0.467 e. The summed E-state index contributed by atoms with van der Waals surface area (Å²) in [6.07, 6.45) is 16.5. The molecule has 1 aliphatic rings. The summed E-state index contributed by atoms with van der Waals surface area (Å²) in [5.74, 6) is 2.11. The van der Waals surface area contributed by atoms with Crippen LogP contribution in [0.3, 0.4) is 0 Å². The van der Waals surface area contributed by atoms with Crippen LogP contribution in [0.4, 0.5) is 0 Å². The molecule has 234 valence electrons. The molecule has 0 bridgehead atoms. The van der Waals surface area contributed by atoms with Gasteiger partial charge in [0.1, 0.15) is 0 Å². The molecule has 5 nitrogen and oxygen atoms in total. The SMILES string of the molecule is C=C(CO)C(=O)OCC(COC=O)Cc1ccc(CCC(C)CCC(C)C(C)CCC(C)C2=CC=C(CC)CC2)cc1. The molecule has 0 aliphatic heterocycles. The van der Waals surface area contributed by atoms with Gasteiger partial charge in [0.2, 0.25) is 0 Å². The Morgan fingerprint density at radius 3 is 2.19 bits per heavy atom. The zero-order valence-corrected chi connectivity index (χ0v) is 26.9. The van der Waals surface area contributed by atoms with Crippen molar-refractivity contribution in [1.29, 1.82) is 0 Å². The average Bonchev–Trinajstić information content (AvgIpc) is 3.02. The van der Waals surface area contributed by atoms with Gasteiger partial charge in [-0.1, -0.05) is 102 Å². The fourth-order valence-electron chi connectivity index (χ4n) is 5.65. The van der Waals surface area contributed by atoms with Gasteiger partial charge in [0.15, 0.2) is 0 Å². The van der Waals surface area contributed by atoms with Crippen LogP contribution in [0.1, 0.15) is 97.1 Å². The second kappa shape index (κ2) is 19.5. The predicted octanol–water partition coefficient (Wildman–Crippen LogP) is 8.20. The number of ether oxygens (including phenoxy) is 2. The molecule has 0 aromatic heterocycles. The summed E-state index contributed by atoms with van der Waals surface area (Å²) in [5, 5.41) is 9.04. The molecule has 0 saturated heterocycles. The Morgan fingerprint density at radius 1 is 0.929 bits per heavy atom. The fraction of sp³-hybridized carbons (Fsp3) is 0.622. The van der Waals surface area contributed by atoms with Gasteiger partial charge in [0.05, 0.1) is 25.4 Å². The van der Waals surface area contributed by atoms with Crippen LogP contribution in [0.5, 0.6) is 0 Å². The molecule has 0 saturated carbocycles. The van der Waals surface area contributed by atoms with Crippen molar-refractivity contribution in [1.82, 2.24) is 0 Å². The van der Waals surface area contributed by atoms with Gasteiger partial charge in [-0.2, -0.15) is 0 Å². The van der Waals surface area contributed by atoms with Crippen molar-refractivity contribution in [2.45, 2.75) is 98.8 Å². The summed E-state index contributed by atoms with van der Waals surface area (Å²) in [5.41, 5.74) is 5.67. The minimum absolute atomic E-state index is 0.00796. The Bertz CT molecular complexity index is 1020. The molecular weight excluding hydrogens is 524 g/mol. The third kappa shape index (κ3) is 13.1. The molecule has 1 aliphatic carbocycles. The number of allylic oxidation sites excluding steroid dienone is 4. The van der Waals surface area contributed by atoms with E-state index in [-0.39, 0.29) is 24.7 Å². The lowest BCUT2D eigenvalue weighted by Gasteiger charge is -2.25. The molecule has 0 heterocycles. The normalized spacial score (nSPS) is 16.8. The molecule has 1 N–H and O–H groups in total. The topological polar surface area (TPSA) is 72.8 Å². The maximum Gasteiger partial charge on any atom is 0.335 e. The highest BCUT2D eigenvalue weighted by Crippen LogP contribution is 2.31. The number of carbonyl (C=O) groups is 2. The summed E-state index contributed by atoms with van der Waals surface area (Å²) in [6.45, 7) is 15.6. The number of aryl methyl sites for hydroxylation is 1. The molecule has 0 amide bonds. The lowest BCUT2D eigenvalue weighted by molar-refractivity contribution is -0.142. The van der Waals surface area contributed by atoms with Gasteiger partial charge in [-0.3, -0.25) is 4.79 Å². The van der Waals surface area contributed by atoms with Crippen LogP contribution >= 0.6 is 0 Å². The Morgan fingerprint density at radius 2 is 1.60 bits per heavy atom. The Labute approximate surface area is 255 Å². The molecule has 0 fully saturated rings. The highest BCUT2D eigenvalue weighted by atomic mass is 16.5. The number of carbonyl (C=O) groups excluding carboxylic acids is 2. The van der Waals surface area contributed by atoms with E-state index in [1.165, 1.54) is 56.9 Å². The van der Waals surface area contributed by atoms with Gasteiger partial charge >= 0.3 is 5.97 Å². The molecule has 5 unspecified atom stereocenters. The van der Waals surface area contributed by atoms with Gasteiger partial charge in [0, 0.05) is 5.92 Å². The first-order valence-electron chi connectivity index (χ1n) is 16.1. The number of hydrogen-bond acceptors (Lipinski definition) is 5. The molecule has 2 rings (SSSR count). The van der Waals surface area contributed by atoms with E-state index in [9.17, 15) is 9.59 Å². The van der Waals surface area contributed by atoms with Crippen molar-refractivity contribution >= 4 is 12.4 Å². The summed E-state index contributed by atoms with van der Waals surface area (Å²) < 4.78 is 10.2. The first-order valence-corrected chi connectivity index (χ1v) is 16.1. The molecule has 1 aromatic carbocycles. The third-order valence-corrected chi connectivity index (χ3v) is 9.30. The number of aliphatic hydroxyl groups is 1. The van der Waals surface area contributed by atoms with Gasteiger partial charge < -0.3 is 14.6 Å². The van der Waals surface area contributed by atoms with E-state index in [4.69, 9.17) is 14.6 Å². The van der Waals surface area contributed by atoms with Crippen molar-refractivity contribution in [2.24, 2.45) is 29.6 Å². The summed E-state index contributed by atoms with van der Waals surface area (Å²) in [7, 11) is 0. The predicted molar refractivity (Wildman–Crippen MR) is 172 cm³/mol. The number of aliphatic hydroxyl groups excluding tert-OH is 1. The van der Waals surface area contributed by atoms with E-state index < -0.39 is 12.6 Å². The molecule has 5 heteroatoms. The van der Waals surface area contributed by atoms with Crippen LogP contribution in [0.25, 0.3) is 0 Å². The Kier molecular flexibility index (Phi) is 16.5. The minimum atomic E-state index is -0.632. The maximum absolute atomic E-state index is 11.8. The van der Waals surface area contributed by atoms with E-state index >= 15 is 0 Å². The second-order valence-corrected chi connectivity index (χ2v) is 12.8. The molecular formula is C37H56O5. The molecule has 5 atom stereocenters. The Hall–Kier alpha value is -2.66. The zero-order valence-electron chi connectivity index (χ0n) is 26.9. The third-order valence-electron chi connectivity index (χ3n) is 9.30. The lowest BCUT2D eigenvalue weighted by Crippen LogP contribution is -2.22. The van der Waals surface area contributed by atoms with Gasteiger partial charge in [-0.05, 0) is 86.2 Å². The number of rotatable bonds is 21. The van der Waals surface area contributed by atoms with Crippen molar-refractivity contribution in [3.63, 3.8) is 0 Å². The van der Waals surface area contributed by atoms with Crippen LogP contribution in [-0.2, 0) is 31.9 Å². The first-order chi connectivity index (χ1) is 20.2. The Balaban J connectivity index is 1.71. The van der Waals surface area contributed by atoms with Crippen molar-refractivity contribution < 1.29 is 24.2 Å². The van der Waals surface area contributed by atoms with E-state index in [1.807, 2.05) is 0 Å². The highest BCUT2D eigenvalue weighted by molar-refractivity contribution is 5.87. The largest absolute Gasteiger partial charge is 0.467 e. The van der Waals surface area contributed by atoms with Crippen LogP contribution in [0.2, 0.25) is 0 Å². The summed E-state index contributed by atoms with van der Waals surface area (Å²) >= 11 is 0. The standard InChI is InChI=1S/C37H56O5/c1-7-32-18-20-36(21-19-32)30(5)12-11-29(4)28(3)10-8-27(2)9-13-33-14-16-34(17-15-33)22-35(24-41-26-39)25-42-37(40)31(6)23-38/h14-18,20,26-30,35,38H,6-13,19,21-25H2,1-5H3.